The highest BCUT2D eigenvalue weighted by atomic mass is 79.9. The van der Waals surface area contributed by atoms with Crippen LogP contribution in [0.5, 0.6) is 11.5 Å². The van der Waals surface area contributed by atoms with E-state index in [9.17, 15) is 10.2 Å². The number of rotatable bonds is 3. The van der Waals surface area contributed by atoms with E-state index in [1.54, 1.807) is 6.07 Å². The Kier molecular flexibility index (Phi) is 4.26. The molecule has 0 spiro atoms. The molecule has 0 aliphatic carbocycles. The molecule has 118 valence electrons. The standard InChI is InChI=1S/C15H19BrN4O2/c1-2-20-15(10-7-11(16)14(22)8-13(10)21)12(9-18-20)19-5-3-17-4-6-19/h7-9,17H,2-6H2,1H3,(H2,18,21,22)/p+1. The molecule has 0 amide bonds. The number of aromatic amines is 1. The lowest BCUT2D eigenvalue weighted by Gasteiger charge is -2.27. The molecule has 0 radical (unpaired) electrons. The molecule has 22 heavy (non-hydrogen) atoms. The van der Waals surface area contributed by atoms with Gasteiger partial charge in [0.25, 0.3) is 5.69 Å². The van der Waals surface area contributed by atoms with Gasteiger partial charge in [0.1, 0.15) is 17.2 Å². The van der Waals surface area contributed by atoms with Crippen molar-refractivity contribution in [2.45, 2.75) is 13.5 Å². The van der Waals surface area contributed by atoms with E-state index < -0.39 is 0 Å². The molecule has 2 heterocycles. The van der Waals surface area contributed by atoms with Crippen LogP contribution in [0.15, 0.2) is 22.8 Å². The molecule has 1 aromatic heterocycles. The molecule has 0 bridgehead atoms. The Morgan fingerprint density at radius 1 is 1.23 bits per heavy atom. The van der Waals surface area contributed by atoms with Crippen LogP contribution in [0.1, 0.15) is 6.92 Å². The smallest absolute Gasteiger partial charge is 0.265 e. The number of halogens is 1. The van der Waals surface area contributed by atoms with Crippen LogP contribution < -0.4 is 14.9 Å². The average molecular weight is 368 g/mol. The number of phenolic OH excluding ortho intramolecular Hbond substituents is 2. The summed E-state index contributed by atoms with van der Waals surface area (Å²) < 4.78 is 2.56. The van der Waals surface area contributed by atoms with Crippen molar-refractivity contribution in [2.75, 3.05) is 31.1 Å². The van der Waals surface area contributed by atoms with Gasteiger partial charge in [-0.1, -0.05) is 0 Å². The summed E-state index contributed by atoms with van der Waals surface area (Å²) in [4.78, 5) is 2.30. The maximum absolute atomic E-state index is 10.3. The quantitative estimate of drug-likeness (QED) is 0.621. The maximum atomic E-state index is 10.3. The summed E-state index contributed by atoms with van der Waals surface area (Å²) in [5, 5.41) is 26.6. The van der Waals surface area contributed by atoms with E-state index in [4.69, 9.17) is 0 Å². The second-order valence-electron chi connectivity index (χ2n) is 5.31. The zero-order valence-electron chi connectivity index (χ0n) is 12.4. The molecule has 4 N–H and O–H groups in total. The Bertz CT molecular complexity index is 680. The number of aromatic nitrogens is 2. The minimum atomic E-state index is 0.0311. The topological polar surface area (TPSA) is 75.4 Å². The van der Waals surface area contributed by atoms with Crippen molar-refractivity contribution in [3.05, 3.63) is 22.8 Å². The highest BCUT2D eigenvalue weighted by Gasteiger charge is 2.28. The van der Waals surface area contributed by atoms with Crippen molar-refractivity contribution in [2.24, 2.45) is 0 Å². The molecule has 6 nitrogen and oxygen atoms in total. The van der Waals surface area contributed by atoms with Gasteiger partial charge in [0, 0.05) is 32.2 Å². The number of aromatic hydroxyl groups is 2. The van der Waals surface area contributed by atoms with Crippen LogP contribution in [-0.2, 0) is 6.54 Å². The van der Waals surface area contributed by atoms with E-state index in [1.807, 2.05) is 17.8 Å². The van der Waals surface area contributed by atoms with Crippen molar-refractivity contribution in [1.29, 1.82) is 0 Å². The number of nitrogens with one attached hydrogen (secondary N) is 2. The lowest BCUT2D eigenvalue weighted by atomic mass is 10.1. The summed E-state index contributed by atoms with van der Waals surface area (Å²) in [6, 6.07) is 3.12. The Morgan fingerprint density at radius 2 is 1.95 bits per heavy atom. The lowest BCUT2D eigenvalue weighted by Crippen LogP contribution is -2.44. The van der Waals surface area contributed by atoms with Crippen molar-refractivity contribution in [3.63, 3.8) is 0 Å². The van der Waals surface area contributed by atoms with Crippen LogP contribution in [-0.4, -0.2) is 41.5 Å². The molecule has 1 saturated heterocycles. The highest BCUT2D eigenvalue weighted by molar-refractivity contribution is 9.10. The summed E-state index contributed by atoms with van der Waals surface area (Å²) in [5.41, 5.74) is 2.69. The maximum Gasteiger partial charge on any atom is 0.265 e. The van der Waals surface area contributed by atoms with Gasteiger partial charge in [0.15, 0.2) is 6.54 Å². The number of aryl methyl sites for hydroxylation is 1. The van der Waals surface area contributed by atoms with Crippen molar-refractivity contribution in [1.82, 2.24) is 10.4 Å². The third-order valence-electron chi connectivity index (χ3n) is 3.96. The summed E-state index contributed by atoms with van der Waals surface area (Å²) in [6.07, 6.45) is 1.98. The van der Waals surface area contributed by atoms with E-state index in [2.05, 4.69) is 31.2 Å². The van der Waals surface area contributed by atoms with Gasteiger partial charge in [-0.25, -0.2) is 0 Å². The van der Waals surface area contributed by atoms with Crippen molar-refractivity contribution >= 4 is 21.6 Å². The molecule has 0 saturated carbocycles. The molecule has 1 aliphatic heterocycles. The predicted molar refractivity (Wildman–Crippen MR) is 88.2 cm³/mol. The summed E-state index contributed by atoms with van der Waals surface area (Å²) in [7, 11) is 0. The van der Waals surface area contributed by atoms with Gasteiger partial charge in [-0.3, -0.25) is 0 Å². The Labute approximate surface area is 137 Å². The number of piperazine rings is 1. The molecule has 2 aromatic rings. The van der Waals surface area contributed by atoms with Crippen molar-refractivity contribution in [3.8, 4) is 22.8 Å². The first-order chi connectivity index (χ1) is 10.6. The van der Waals surface area contributed by atoms with E-state index in [0.717, 1.165) is 44.1 Å². The first kappa shape index (κ1) is 15.2. The van der Waals surface area contributed by atoms with Gasteiger partial charge < -0.3 is 20.4 Å². The molecular weight excluding hydrogens is 348 g/mol. The fourth-order valence-corrected chi connectivity index (χ4v) is 3.17. The third-order valence-corrected chi connectivity index (χ3v) is 4.60. The SMILES string of the molecule is CC[n+]1[nH]cc(N2CCNCC2)c1-c1cc(Br)c(O)cc1O. The average Bonchev–Trinajstić information content (AvgIpc) is 2.95. The van der Waals surface area contributed by atoms with Crippen LogP contribution in [0, 0.1) is 0 Å². The molecule has 0 atom stereocenters. The number of H-pyrrole nitrogens is 1. The van der Waals surface area contributed by atoms with E-state index in [0.29, 0.717) is 10.0 Å². The van der Waals surface area contributed by atoms with Gasteiger partial charge in [-0.2, -0.15) is 5.10 Å². The second kappa shape index (κ2) is 6.18. The summed E-state index contributed by atoms with van der Waals surface area (Å²) in [5.74, 6) is 0.0995. The van der Waals surface area contributed by atoms with Crippen LogP contribution in [0.3, 0.4) is 0 Å². The highest BCUT2D eigenvalue weighted by Crippen LogP contribution is 2.39. The van der Waals surface area contributed by atoms with Gasteiger partial charge in [-0.15, -0.1) is 4.68 Å². The monoisotopic (exact) mass is 367 g/mol. The number of benzene rings is 1. The summed E-state index contributed by atoms with van der Waals surface area (Å²) in [6.45, 7) is 6.56. The Morgan fingerprint density at radius 3 is 2.64 bits per heavy atom. The zero-order chi connectivity index (χ0) is 15.7. The molecular formula is C15H20BrN4O2+. The van der Waals surface area contributed by atoms with Gasteiger partial charge >= 0.3 is 0 Å². The molecule has 7 heteroatoms. The third kappa shape index (κ3) is 2.66. The minimum absolute atomic E-state index is 0.0311. The lowest BCUT2D eigenvalue weighted by molar-refractivity contribution is -0.736. The first-order valence-corrected chi connectivity index (χ1v) is 8.19. The number of hydrogen-bond donors (Lipinski definition) is 4. The van der Waals surface area contributed by atoms with Gasteiger partial charge in [0.2, 0.25) is 0 Å². The Balaban J connectivity index is 2.12. The summed E-state index contributed by atoms with van der Waals surface area (Å²) >= 11 is 3.33. The molecule has 3 rings (SSSR count). The van der Waals surface area contributed by atoms with Crippen LogP contribution >= 0.6 is 15.9 Å². The second-order valence-corrected chi connectivity index (χ2v) is 6.16. The van der Waals surface area contributed by atoms with E-state index >= 15 is 0 Å². The molecule has 1 fully saturated rings. The van der Waals surface area contributed by atoms with E-state index in [-0.39, 0.29) is 11.5 Å². The van der Waals surface area contributed by atoms with E-state index in [1.165, 1.54) is 6.07 Å². The normalized spacial score (nSPS) is 15.3. The van der Waals surface area contributed by atoms with Gasteiger partial charge in [0.05, 0.1) is 16.2 Å². The minimum Gasteiger partial charge on any atom is -0.507 e. The van der Waals surface area contributed by atoms with Crippen LogP contribution in [0.25, 0.3) is 11.3 Å². The number of nitrogens with zero attached hydrogens (tertiary/aromatic N) is 2. The number of phenols is 2. The predicted octanol–water partition coefficient (Wildman–Crippen LogP) is 1.57. The fraction of sp³-hybridized carbons (Fsp3) is 0.400. The molecule has 1 aromatic carbocycles. The number of hydrogen-bond acceptors (Lipinski definition) is 4. The fourth-order valence-electron chi connectivity index (χ4n) is 2.83. The molecule has 1 aliphatic rings. The molecule has 0 unspecified atom stereocenters. The zero-order valence-corrected chi connectivity index (χ0v) is 14.0. The van der Waals surface area contributed by atoms with Crippen LogP contribution in [0.4, 0.5) is 5.69 Å². The Hall–Kier alpha value is -1.73. The van der Waals surface area contributed by atoms with Crippen molar-refractivity contribution < 1.29 is 14.9 Å². The first-order valence-electron chi connectivity index (χ1n) is 7.40. The van der Waals surface area contributed by atoms with Crippen LogP contribution in [0.2, 0.25) is 0 Å². The van der Waals surface area contributed by atoms with Gasteiger partial charge in [-0.05, 0) is 28.9 Å². The number of anilines is 1. The largest absolute Gasteiger partial charge is 0.507 e.